The van der Waals surface area contributed by atoms with Crippen LogP contribution < -0.4 is 15.0 Å². The molecule has 1 N–H and O–H groups in total. The first kappa shape index (κ1) is 18.9. The fraction of sp³-hybridized carbons (Fsp3) is 0.211. The van der Waals surface area contributed by atoms with E-state index in [0.29, 0.717) is 10.9 Å². The van der Waals surface area contributed by atoms with Crippen LogP contribution in [0.1, 0.15) is 6.42 Å². The molecule has 1 heterocycles. The summed E-state index contributed by atoms with van der Waals surface area (Å²) >= 11 is 1.14. The Hall–Kier alpha value is -2.87. The second-order valence-corrected chi connectivity index (χ2v) is 6.91. The SMILES string of the molecule is CN=C(Nc1cccc(OC)c1)S[C@@H]1CC(=O)N(c2ccccc2F)C1=O. The Balaban J connectivity index is 1.74. The topological polar surface area (TPSA) is 71.0 Å². The molecule has 1 fully saturated rings. The van der Waals surface area contributed by atoms with Crippen molar-refractivity contribution in [3.63, 3.8) is 0 Å². The molecule has 8 heteroatoms. The van der Waals surface area contributed by atoms with E-state index in [0.717, 1.165) is 22.3 Å². The summed E-state index contributed by atoms with van der Waals surface area (Å²) in [5.41, 5.74) is 0.719. The zero-order valence-corrected chi connectivity index (χ0v) is 15.6. The van der Waals surface area contributed by atoms with Gasteiger partial charge in [-0.25, -0.2) is 9.29 Å². The van der Waals surface area contributed by atoms with Gasteiger partial charge in [0.1, 0.15) is 16.8 Å². The van der Waals surface area contributed by atoms with Crippen molar-refractivity contribution in [2.24, 2.45) is 4.99 Å². The average molecular weight is 387 g/mol. The minimum absolute atomic E-state index is 0.0172. The van der Waals surface area contributed by atoms with Crippen molar-refractivity contribution in [2.45, 2.75) is 11.7 Å². The van der Waals surface area contributed by atoms with Gasteiger partial charge in [-0.3, -0.25) is 14.6 Å². The van der Waals surface area contributed by atoms with Gasteiger partial charge in [0.05, 0.1) is 12.8 Å². The highest BCUT2D eigenvalue weighted by molar-refractivity contribution is 8.15. The van der Waals surface area contributed by atoms with Gasteiger partial charge in [0.25, 0.3) is 0 Å². The van der Waals surface area contributed by atoms with Gasteiger partial charge in [-0.1, -0.05) is 30.0 Å². The van der Waals surface area contributed by atoms with Gasteiger partial charge in [0.2, 0.25) is 11.8 Å². The van der Waals surface area contributed by atoms with E-state index in [2.05, 4.69) is 10.3 Å². The van der Waals surface area contributed by atoms with Gasteiger partial charge >= 0.3 is 0 Å². The molecule has 0 saturated carbocycles. The molecule has 2 aromatic carbocycles. The largest absolute Gasteiger partial charge is 0.497 e. The third-order valence-corrected chi connectivity index (χ3v) is 5.14. The second-order valence-electron chi connectivity index (χ2n) is 5.72. The van der Waals surface area contributed by atoms with E-state index in [1.807, 2.05) is 18.2 Å². The summed E-state index contributed by atoms with van der Waals surface area (Å²) in [4.78, 5) is 30.1. The number of imide groups is 1. The first-order valence-corrected chi connectivity index (χ1v) is 9.07. The van der Waals surface area contributed by atoms with Gasteiger partial charge in [-0.15, -0.1) is 0 Å². The monoisotopic (exact) mass is 387 g/mol. The number of halogens is 1. The molecule has 2 aromatic rings. The highest BCUT2D eigenvalue weighted by atomic mass is 32.2. The Morgan fingerprint density at radius 3 is 2.74 bits per heavy atom. The van der Waals surface area contributed by atoms with Gasteiger partial charge < -0.3 is 10.1 Å². The number of hydrogen-bond donors (Lipinski definition) is 1. The predicted octanol–water partition coefficient (Wildman–Crippen LogP) is 3.30. The van der Waals surface area contributed by atoms with Gasteiger partial charge in [0.15, 0.2) is 5.17 Å². The molecular weight excluding hydrogens is 369 g/mol. The van der Waals surface area contributed by atoms with Crippen LogP contribution in [0.3, 0.4) is 0 Å². The molecular formula is C19H18FN3O3S. The molecule has 1 saturated heterocycles. The number of anilines is 2. The summed E-state index contributed by atoms with van der Waals surface area (Å²) in [6.45, 7) is 0. The molecule has 0 bridgehead atoms. The average Bonchev–Trinajstić information content (AvgIpc) is 2.95. The molecule has 0 unspecified atom stereocenters. The number of thioether (sulfide) groups is 1. The summed E-state index contributed by atoms with van der Waals surface area (Å²) < 4.78 is 19.2. The van der Waals surface area contributed by atoms with E-state index in [1.165, 1.54) is 18.2 Å². The number of amidine groups is 1. The minimum atomic E-state index is -0.672. The zero-order valence-electron chi connectivity index (χ0n) is 14.8. The number of para-hydroxylation sites is 1. The highest BCUT2D eigenvalue weighted by Gasteiger charge is 2.41. The number of carbonyl (C=O) groups excluding carboxylic acids is 2. The van der Waals surface area contributed by atoms with Crippen LogP contribution >= 0.6 is 11.8 Å². The van der Waals surface area contributed by atoms with E-state index in [-0.39, 0.29) is 12.1 Å². The smallest absolute Gasteiger partial charge is 0.247 e. The van der Waals surface area contributed by atoms with E-state index in [4.69, 9.17) is 4.74 Å². The van der Waals surface area contributed by atoms with Gasteiger partial charge in [0, 0.05) is 25.2 Å². The summed E-state index contributed by atoms with van der Waals surface area (Å²) in [6, 6.07) is 13.0. The van der Waals surface area contributed by atoms with E-state index in [1.54, 1.807) is 26.3 Å². The van der Waals surface area contributed by atoms with E-state index >= 15 is 0 Å². The van der Waals surface area contributed by atoms with Crippen LogP contribution in [0, 0.1) is 5.82 Å². The van der Waals surface area contributed by atoms with Crippen LogP contribution in [-0.4, -0.2) is 36.4 Å². The maximum absolute atomic E-state index is 14.0. The van der Waals surface area contributed by atoms with Crippen molar-refractivity contribution in [3.05, 3.63) is 54.3 Å². The molecule has 1 atom stereocenters. The number of benzene rings is 2. The van der Waals surface area contributed by atoms with E-state index in [9.17, 15) is 14.0 Å². The summed E-state index contributed by atoms with van der Waals surface area (Å²) in [5.74, 6) is -0.815. The summed E-state index contributed by atoms with van der Waals surface area (Å²) in [7, 11) is 3.16. The molecule has 3 rings (SSSR count). The number of hydrogen-bond acceptors (Lipinski definition) is 5. The molecule has 27 heavy (non-hydrogen) atoms. The Bertz CT molecular complexity index is 903. The highest BCUT2D eigenvalue weighted by Crippen LogP contribution is 2.32. The summed E-state index contributed by atoms with van der Waals surface area (Å²) in [6.07, 6.45) is -0.0172. The van der Waals surface area contributed by atoms with Crippen molar-refractivity contribution >= 4 is 40.1 Å². The van der Waals surface area contributed by atoms with Crippen LogP contribution in [0.15, 0.2) is 53.5 Å². The normalized spacial score (nSPS) is 17.4. The number of aliphatic imine (C=N–C) groups is 1. The zero-order chi connectivity index (χ0) is 19.4. The Labute approximate surface area is 160 Å². The van der Waals surface area contributed by atoms with Gasteiger partial charge in [-0.05, 0) is 24.3 Å². The van der Waals surface area contributed by atoms with Crippen molar-refractivity contribution in [2.75, 3.05) is 24.4 Å². The first-order valence-electron chi connectivity index (χ1n) is 8.19. The maximum atomic E-state index is 14.0. The lowest BCUT2D eigenvalue weighted by molar-refractivity contribution is -0.121. The van der Waals surface area contributed by atoms with Crippen LogP contribution in [0.25, 0.3) is 0 Å². The molecule has 0 radical (unpaired) electrons. The molecule has 140 valence electrons. The number of carbonyl (C=O) groups is 2. The molecule has 1 aliphatic rings. The Kier molecular flexibility index (Phi) is 5.75. The third-order valence-electron chi connectivity index (χ3n) is 3.98. The molecule has 0 spiro atoms. The van der Waals surface area contributed by atoms with Crippen LogP contribution in [0.2, 0.25) is 0 Å². The fourth-order valence-electron chi connectivity index (χ4n) is 2.68. The van der Waals surface area contributed by atoms with Crippen molar-refractivity contribution in [3.8, 4) is 5.75 Å². The van der Waals surface area contributed by atoms with Crippen LogP contribution in [0.4, 0.5) is 15.8 Å². The fourth-order valence-corrected chi connectivity index (χ4v) is 3.66. The number of rotatable bonds is 4. The second kappa shape index (κ2) is 8.22. The third kappa shape index (κ3) is 4.11. The standard InChI is InChI=1S/C19H18FN3O3S/c1-21-19(22-12-6-5-7-13(10-12)26-2)27-16-11-17(24)23(18(16)25)15-9-4-3-8-14(15)20/h3-10,16H,11H2,1-2H3,(H,21,22)/t16-/m1/s1. The van der Waals surface area contributed by atoms with Crippen molar-refractivity contribution in [1.29, 1.82) is 0 Å². The summed E-state index contributed by atoms with van der Waals surface area (Å²) in [5, 5.41) is 2.91. The number of nitrogens with zero attached hydrogens (tertiary/aromatic N) is 2. The molecule has 0 aliphatic carbocycles. The Morgan fingerprint density at radius 1 is 1.26 bits per heavy atom. The molecule has 1 aliphatic heterocycles. The van der Waals surface area contributed by atoms with Crippen molar-refractivity contribution in [1.82, 2.24) is 0 Å². The number of nitrogens with one attached hydrogen (secondary N) is 1. The first-order chi connectivity index (χ1) is 13.0. The Morgan fingerprint density at radius 2 is 2.04 bits per heavy atom. The van der Waals surface area contributed by atoms with Crippen LogP contribution in [0.5, 0.6) is 5.75 Å². The minimum Gasteiger partial charge on any atom is -0.497 e. The predicted molar refractivity (Wildman–Crippen MR) is 105 cm³/mol. The van der Waals surface area contributed by atoms with Crippen molar-refractivity contribution < 1.29 is 18.7 Å². The maximum Gasteiger partial charge on any atom is 0.247 e. The number of ether oxygens (including phenoxy) is 1. The quantitative estimate of drug-likeness (QED) is 0.495. The number of amides is 2. The van der Waals surface area contributed by atoms with E-state index < -0.39 is 22.9 Å². The number of methoxy groups -OCH3 is 1. The lowest BCUT2D eigenvalue weighted by atomic mass is 10.3. The molecule has 2 amide bonds. The molecule has 0 aromatic heterocycles. The molecule has 6 nitrogen and oxygen atoms in total. The lowest BCUT2D eigenvalue weighted by Crippen LogP contribution is -2.32. The van der Waals surface area contributed by atoms with Gasteiger partial charge in [-0.2, -0.15) is 0 Å². The lowest BCUT2D eigenvalue weighted by Gasteiger charge is -2.16. The van der Waals surface area contributed by atoms with Crippen LogP contribution in [-0.2, 0) is 9.59 Å².